The second kappa shape index (κ2) is 5.19. The molecule has 5 unspecified atom stereocenters. The lowest BCUT2D eigenvalue weighted by molar-refractivity contribution is 0.294. The smallest absolute Gasteiger partial charge is 0.104 e. The Morgan fingerprint density at radius 2 is 2.25 bits per heavy atom. The molecular weight excluding hydrogens is 299 g/mol. The minimum atomic E-state index is -0.0605. The van der Waals surface area contributed by atoms with Crippen LogP contribution in [-0.2, 0) is 6.42 Å². The van der Waals surface area contributed by atoms with Gasteiger partial charge in [-0.2, -0.15) is 0 Å². The molecule has 1 aliphatic heterocycles. The maximum Gasteiger partial charge on any atom is 0.104 e. The van der Waals surface area contributed by atoms with Crippen LogP contribution in [0.2, 0.25) is 0 Å². The highest BCUT2D eigenvalue weighted by Crippen LogP contribution is 2.62. The average molecular weight is 324 g/mol. The molecule has 2 fully saturated rings. The Balaban J connectivity index is 1.37. The van der Waals surface area contributed by atoms with Crippen LogP contribution in [0, 0.1) is 11.8 Å². The first-order valence-electron chi connectivity index (χ1n) is 9.43. The summed E-state index contributed by atoms with van der Waals surface area (Å²) in [5.74, 6) is 1.60. The highest BCUT2D eigenvalue weighted by molar-refractivity contribution is 5.47. The number of nitrogens with one attached hydrogen (secondary N) is 1. The van der Waals surface area contributed by atoms with E-state index in [0.29, 0.717) is 12.0 Å². The van der Waals surface area contributed by atoms with Gasteiger partial charge >= 0.3 is 0 Å². The summed E-state index contributed by atoms with van der Waals surface area (Å²) in [6.45, 7) is 3.46. The van der Waals surface area contributed by atoms with Gasteiger partial charge in [0.15, 0.2) is 0 Å². The zero-order chi connectivity index (χ0) is 16.3. The lowest BCUT2D eigenvalue weighted by Gasteiger charge is -2.36. The first kappa shape index (κ1) is 14.7. The molecule has 1 N–H and O–H groups in total. The predicted octanol–water partition coefficient (Wildman–Crippen LogP) is 2.80. The number of hydrogen-bond acceptors (Lipinski definition) is 1. The Kier molecular flexibility index (Phi) is 3.18. The Labute approximate surface area is 142 Å². The number of nitrogens with zero attached hydrogens (tertiary/aromatic N) is 1. The van der Waals surface area contributed by atoms with Crippen molar-refractivity contribution in [3.63, 3.8) is 0 Å². The summed E-state index contributed by atoms with van der Waals surface area (Å²) < 4.78 is 13.5. The molecule has 2 nitrogen and oxygen atoms in total. The maximum atomic E-state index is 13.5. The van der Waals surface area contributed by atoms with Gasteiger partial charge < -0.3 is 4.98 Å². The van der Waals surface area contributed by atoms with Crippen molar-refractivity contribution in [1.29, 1.82) is 0 Å². The first-order chi connectivity index (χ1) is 11.7. The van der Waals surface area contributed by atoms with Gasteiger partial charge in [-0.3, -0.25) is 4.90 Å². The van der Waals surface area contributed by atoms with Crippen LogP contribution < -0.4 is 10.6 Å². The molecule has 1 saturated heterocycles. The van der Waals surface area contributed by atoms with Gasteiger partial charge in [-0.15, -0.1) is 0 Å². The van der Waals surface area contributed by atoms with E-state index in [9.17, 15) is 4.39 Å². The Bertz CT molecular complexity index is 846. The number of halogens is 1. The van der Waals surface area contributed by atoms with Crippen LogP contribution >= 0.6 is 0 Å². The molecule has 3 aliphatic carbocycles. The quantitative estimate of drug-likeness (QED) is 0.666. The molecule has 2 heterocycles. The number of aromatic nitrogens is 1. The van der Waals surface area contributed by atoms with E-state index in [4.69, 9.17) is 0 Å². The minimum absolute atomic E-state index is 0.0605. The van der Waals surface area contributed by atoms with E-state index in [0.717, 1.165) is 36.2 Å². The van der Waals surface area contributed by atoms with Gasteiger partial charge in [-0.1, -0.05) is 31.6 Å². The van der Waals surface area contributed by atoms with E-state index >= 15 is 0 Å². The summed E-state index contributed by atoms with van der Waals surface area (Å²) in [7, 11) is 0. The number of hydrogen-bond donors (Lipinski definition) is 1. The topological polar surface area (TPSA) is 18.8 Å². The summed E-state index contributed by atoms with van der Waals surface area (Å²) in [4.78, 5) is 6.07. The average Bonchev–Trinajstić information content (AvgIpc) is 3.18. The summed E-state index contributed by atoms with van der Waals surface area (Å²) in [6, 6.07) is 0.775. The van der Waals surface area contributed by atoms with Gasteiger partial charge in [0.2, 0.25) is 0 Å². The molecule has 0 radical (unpaired) electrons. The normalized spacial score (nSPS) is 38.5. The number of likely N-dealkylation sites (tertiary alicyclic amines) is 1. The van der Waals surface area contributed by atoms with Crippen LogP contribution in [0.3, 0.4) is 0 Å². The van der Waals surface area contributed by atoms with E-state index < -0.39 is 0 Å². The van der Waals surface area contributed by atoms with Crippen molar-refractivity contribution in [3.05, 3.63) is 46.4 Å². The van der Waals surface area contributed by atoms with Crippen molar-refractivity contribution >= 4 is 12.2 Å². The van der Waals surface area contributed by atoms with Gasteiger partial charge in [0, 0.05) is 41.7 Å². The number of allylic oxidation sites excluding steroid dienone is 2. The summed E-state index contributed by atoms with van der Waals surface area (Å²) in [6.07, 6.45) is 18.0. The number of rotatable bonds is 4. The van der Waals surface area contributed by atoms with Crippen molar-refractivity contribution in [3.8, 4) is 0 Å². The van der Waals surface area contributed by atoms with E-state index in [2.05, 4.69) is 35.2 Å². The van der Waals surface area contributed by atoms with Crippen LogP contribution in [-0.4, -0.2) is 28.0 Å². The molecule has 1 spiro atoms. The van der Waals surface area contributed by atoms with Gasteiger partial charge in [0.1, 0.15) is 5.83 Å². The standard InChI is InChI=1S/C21H25FN2/c1-2-14-3-4-16-9-11-21(16)20(14)24(21)12-10-15-13-23-19-8-6-17(22)5-7-18(15)19/h5,7-9,11,13-14,16,20,23H,2-4,6,10,12H2,1H3. The number of fused-ring (bicyclic) bond motifs is 1. The fraction of sp³-hybridized carbons (Fsp3) is 0.524. The van der Waals surface area contributed by atoms with Crippen LogP contribution in [0.25, 0.3) is 12.2 Å². The number of aromatic amines is 1. The van der Waals surface area contributed by atoms with Crippen LogP contribution in [0.4, 0.5) is 4.39 Å². The van der Waals surface area contributed by atoms with Gasteiger partial charge in [0.25, 0.3) is 0 Å². The third-order valence-corrected chi connectivity index (χ3v) is 6.84. The largest absolute Gasteiger partial charge is 0.361 e. The second-order valence-corrected chi connectivity index (χ2v) is 7.82. The van der Waals surface area contributed by atoms with Crippen molar-refractivity contribution in [2.45, 2.75) is 50.6 Å². The first-order valence-corrected chi connectivity index (χ1v) is 9.43. The molecule has 126 valence electrons. The third-order valence-electron chi connectivity index (χ3n) is 6.84. The number of H-pyrrole nitrogens is 1. The minimum Gasteiger partial charge on any atom is -0.361 e. The molecule has 4 aliphatic rings. The summed E-state index contributed by atoms with van der Waals surface area (Å²) in [5.41, 5.74) is 1.73. The van der Waals surface area contributed by atoms with Crippen molar-refractivity contribution in [2.75, 3.05) is 6.54 Å². The second-order valence-electron chi connectivity index (χ2n) is 7.82. The van der Waals surface area contributed by atoms with Crippen LogP contribution in [0.1, 0.15) is 38.2 Å². The van der Waals surface area contributed by atoms with Gasteiger partial charge in [-0.25, -0.2) is 4.39 Å². The van der Waals surface area contributed by atoms with Gasteiger partial charge in [0.05, 0.1) is 5.54 Å². The Hall–Kier alpha value is -1.61. The molecule has 3 heteroatoms. The summed E-state index contributed by atoms with van der Waals surface area (Å²) in [5, 5.41) is 2.25. The highest BCUT2D eigenvalue weighted by Gasteiger charge is 2.70. The van der Waals surface area contributed by atoms with Crippen LogP contribution in [0.15, 0.2) is 30.3 Å². The van der Waals surface area contributed by atoms with Crippen LogP contribution in [0.5, 0.6) is 0 Å². The van der Waals surface area contributed by atoms with E-state index in [1.54, 1.807) is 6.08 Å². The van der Waals surface area contributed by atoms with E-state index in [1.807, 2.05) is 12.2 Å². The molecule has 0 amide bonds. The Morgan fingerprint density at radius 3 is 3.04 bits per heavy atom. The third kappa shape index (κ3) is 1.91. The van der Waals surface area contributed by atoms with Crippen molar-refractivity contribution in [1.82, 2.24) is 9.88 Å². The van der Waals surface area contributed by atoms with Gasteiger partial charge in [-0.05, 0) is 42.9 Å². The molecule has 5 atom stereocenters. The molecule has 0 aromatic carbocycles. The fourth-order valence-corrected chi connectivity index (χ4v) is 5.48. The molecule has 1 aromatic rings. The van der Waals surface area contributed by atoms with Crippen molar-refractivity contribution in [2.24, 2.45) is 11.8 Å². The van der Waals surface area contributed by atoms with Crippen molar-refractivity contribution < 1.29 is 4.39 Å². The summed E-state index contributed by atoms with van der Waals surface area (Å²) >= 11 is 0. The molecule has 0 bridgehead atoms. The molecule has 1 aromatic heterocycles. The van der Waals surface area contributed by atoms with E-state index in [1.165, 1.54) is 30.0 Å². The lowest BCUT2D eigenvalue weighted by atomic mass is 9.67. The van der Waals surface area contributed by atoms with E-state index in [-0.39, 0.29) is 5.83 Å². The highest BCUT2D eigenvalue weighted by atomic mass is 19.1. The molecule has 1 saturated carbocycles. The predicted molar refractivity (Wildman–Crippen MR) is 95.4 cm³/mol. The Morgan fingerprint density at radius 1 is 1.33 bits per heavy atom. The monoisotopic (exact) mass is 324 g/mol. The fourth-order valence-electron chi connectivity index (χ4n) is 5.48. The zero-order valence-corrected chi connectivity index (χ0v) is 14.3. The molecular formula is C21H25FN2. The SMILES string of the molecule is CCC1CCC2C=CC23C1N3CCc1c[nH]c2c1=CC=C(F)CC=2. The lowest BCUT2D eigenvalue weighted by Crippen LogP contribution is -2.38. The molecule has 24 heavy (non-hydrogen) atoms. The zero-order valence-electron chi connectivity index (χ0n) is 14.3. The maximum absolute atomic E-state index is 13.5. The molecule has 5 rings (SSSR count).